The molecule has 2 rings (SSSR count). The average Bonchev–Trinajstić information content (AvgIpc) is 2.95. The SMILES string of the molecule is Cc1cc(C(=O)NC2(CC(=O)O)CCOC2)ccc1NC(=O)CC(C)C. The van der Waals surface area contributed by atoms with Crippen molar-refractivity contribution >= 4 is 23.5 Å². The maximum Gasteiger partial charge on any atom is 0.305 e. The quantitative estimate of drug-likeness (QED) is 0.690. The highest BCUT2D eigenvalue weighted by Crippen LogP contribution is 2.24. The summed E-state index contributed by atoms with van der Waals surface area (Å²) in [4.78, 5) is 35.6. The van der Waals surface area contributed by atoms with Crippen LogP contribution in [0.25, 0.3) is 0 Å². The van der Waals surface area contributed by atoms with Crippen molar-refractivity contribution in [3.8, 4) is 0 Å². The van der Waals surface area contributed by atoms with Crippen LogP contribution < -0.4 is 10.6 Å². The smallest absolute Gasteiger partial charge is 0.305 e. The highest BCUT2D eigenvalue weighted by Gasteiger charge is 2.38. The van der Waals surface area contributed by atoms with Crippen LogP contribution in [0.2, 0.25) is 0 Å². The Morgan fingerprint density at radius 1 is 1.31 bits per heavy atom. The summed E-state index contributed by atoms with van der Waals surface area (Å²) >= 11 is 0. The van der Waals surface area contributed by atoms with Gasteiger partial charge in [0, 0.05) is 24.3 Å². The monoisotopic (exact) mass is 362 g/mol. The Labute approximate surface area is 153 Å². The van der Waals surface area contributed by atoms with Gasteiger partial charge in [0.05, 0.1) is 18.6 Å². The van der Waals surface area contributed by atoms with Gasteiger partial charge in [-0.05, 0) is 43.0 Å². The van der Waals surface area contributed by atoms with Crippen LogP contribution in [0.4, 0.5) is 5.69 Å². The van der Waals surface area contributed by atoms with E-state index >= 15 is 0 Å². The molecule has 1 fully saturated rings. The number of amides is 2. The molecule has 0 saturated carbocycles. The number of benzene rings is 1. The maximum absolute atomic E-state index is 12.6. The number of ether oxygens (including phenoxy) is 1. The molecule has 0 radical (unpaired) electrons. The lowest BCUT2D eigenvalue weighted by Gasteiger charge is -2.27. The molecule has 7 nitrogen and oxygen atoms in total. The van der Waals surface area contributed by atoms with Crippen LogP contribution in [0.15, 0.2) is 18.2 Å². The molecule has 1 atom stereocenters. The molecular weight excluding hydrogens is 336 g/mol. The van der Waals surface area contributed by atoms with Crippen molar-refractivity contribution in [3.05, 3.63) is 29.3 Å². The minimum Gasteiger partial charge on any atom is -0.481 e. The van der Waals surface area contributed by atoms with Gasteiger partial charge in [-0.1, -0.05) is 13.8 Å². The Balaban J connectivity index is 2.08. The number of aryl methyl sites for hydroxylation is 1. The summed E-state index contributed by atoms with van der Waals surface area (Å²) in [6, 6.07) is 5.00. The number of carboxylic acids is 1. The lowest BCUT2D eigenvalue weighted by Crippen LogP contribution is -2.50. The highest BCUT2D eigenvalue weighted by molar-refractivity contribution is 5.97. The van der Waals surface area contributed by atoms with Crippen molar-refractivity contribution in [2.45, 2.75) is 45.6 Å². The van der Waals surface area contributed by atoms with Crippen LogP contribution in [0.3, 0.4) is 0 Å². The predicted molar refractivity (Wildman–Crippen MR) is 97.1 cm³/mol. The van der Waals surface area contributed by atoms with E-state index in [0.717, 1.165) is 5.56 Å². The first-order valence-electron chi connectivity index (χ1n) is 8.73. The number of hydrogen-bond donors (Lipinski definition) is 3. The molecule has 0 spiro atoms. The number of nitrogens with one attached hydrogen (secondary N) is 2. The summed E-state index contributed by atoms with van der Waals surface area (Å²) in [5.41, 5.74) is 0.975. The van der Waals surface area contributed by atoms with Gasteiger partial charge in [-0.3, -0.25) is 14.4 Å². The molecular formula is C19H26N2O5. The molecule has 2 amide bonds. The standard InChI is InChI=1S/C19H26N2O5/c1-12(2)8-16(22)20-15-5-4-14(9-13(15)3)18(25)21-19(10-17(23)24)6-7-26-11-19/h4-5,9,12H,6-8,10-11H2,1-3H3,(H,20,22)(H,21,25)(H,23,24). The van der Waals surface area contributed by atoms with Gasteiger partial charge in [-0.25, -0.2) is 0 Å². The molecule has 26 heavy (non-hydrogen) atoms. The molecule has 0 aromatic heterocycles. The third-order valence-electron chi connectivity index (χ3n) is 4.33. The van der Waals surface area contributed by atoms with E-state index in [1.54, 1.807) is 18.2 Å². The summed E-state index contributed by atoms with van der Waals surface area (Å²) in [6.07, 6.45) is 0.716. The summed E-state index contributed by atoms with van der Waals surface area (Å²) in [5, 5.41) is 14.8. The molecule has 1 unspecified atom stereocenters. The van der Waals surface area contributed by atoms with Crippen molar-refractivity contribution in [1.29, 1.82) is 0 Å². The zero-order chi connectivity index (χ0) is 19.3. The lowest BCUT2D eigenvalue weighted by atomic mass is 9.93. The first-order chi connectivity index (χ1) is 12.2. The van der Waals surface area contributed by atoms with Crippen LogP contribution in [-0.2, 0) is 14.3 Å². The molecule has 1 aromatic carbocycles. The minimum atomic E-state index is -0.977. The zero-order valence-corrected chi connectivity index (χ0v) is 15.4. The molecule has 3 N–H and O–H groups in total. The highest BCUT2D eigenvalue weighted by atomic mass is 16.5. The third-order valence-corrected chi connectivity index (χ3v) is 4.33. The van der Waals surface area contributed by atoms with E-state index in [0.29, 0.717) is 30.7 Å². The summed E-state index contributed by atoms with van der Waals surface area (Å²) in [5.74, 6) is -1.13. The molecule has 1 aliphatic heterocycles. The van der Waals surface area contributed by atoms with Gasteiger partial charge in [0.2, 0.25) is 5.91 Å². The van der Waals surface area contributed by atoms with E-state index in [9.17, 15) is 14.4 Å². The number of anilines is 1. The molecule has 142 valence electrons. The zero-order valence-electron chi connectivity index (χ0n) is 15.4. The number of carbonyl (C=O) groups excluding carboxylic acids is 2. The second kappa shape index (κ2) is 8.31. The molecule has 0 aliphatic carbocycles. The van der Waals surface area contributed by atoms with Crippen molar-refractivity contribution < 1.29 is 24.2 Å². The maximum atomic E-state index is 12.6. The number of carbonyl (C=O) groups is 3. The fraction of sp³-hybridized carbons (Fsp3) is 0.526. The van der Waals surface area contributed by atoms with E-state index in [-0.39, 0.29) is 30.8 Å². The number of aliphatic carboxylic acids is 1. The van der Waals surface area contributed by atoms with Gasteiger partial charge in [-0.15, -0.1) is 0 Å². The molecule has 0 bridgehead atoms. The van der Waals surface area contributed by atoms with Crippen molar-refractivity contribution in [2.24, 2.45) is 5.92 Å². The van der Waals surface area contributed by atoms with E-state index < -0.39 is 11.5 Å². The second-order valence-electron chi connectivity index (χ2n) is 7.28. The average molecular weight is 362 g/mol. The van der Waals surface area contributed by atoms with Gasteiger partial charge in [0.25, 0.3) is 5.91 Å². The Morgan fingerprint density at radius 2 is 2.04 bits per heavy atom. The van der Waals surface area contributed by atoms with E-state index in [4.69, 9.17) is 9.84 Å². The first kappa shape index (κ1) is 19.9. The van der Waals surface area contributed by atoms with Gasteiger partial charge < -0.3 is 20.5 Å². The minimum absolute atomic E-state index is 0.0659. The number of rotatable bonds is 7. The Bertz CT molecular complexity index is 693. The van der Waals surface area contributed by atoms with Gasteiger partial charge >= 0.3 is 5.97 Å². The predicted octanol–water partition coefficient (Wildman–Crippen LogP) is 2.34. The van der Waals surface area contributed by atoms with Crippen LogP contribution in [-0.4, -0.2) is 41.6 Å². The second-order valence-corrected chi connectivity index (χ2v) is 7.28. The van der Waals surface area contributed by atoms with Crippen molar-refractivity contribution in [3.63, 3.8) is 0 Å². The summed E-state index contributed by atoms with van der Waals surface area (Å²) in [7, 11) is 0. The molecule has 1 heterocycles. The van der Waals surface area contributed by atoms with Gasteiger partial charge in [0.15, 0.2) is 0 Å². The largest absolute Gasteiger partial charge is 0.481 e. The van der Waals surface area contributed by atoms with E-state index in [1.807, 2.05) is 20.8 Å². The Hall–Kier alpha value is -2.41. The van der Waals surface area contributed by atoms with E-state index in [2.05, 4.69) is 10.6 Å². The van der Waals surface area contributed by atoms with Crippen LogP contribution in [0.5, 0.6) is 0 Å². The molecule has 1 aliphatic rings. The van der Waals surface area contributed by atoms with Crippen molar-refractivity contribution in [2.75, 3.05) is 18.5 Å². The summed E-state index contributed by atoms with van der Waals surface area (Å²) < 4.78 is 5.29. The Morgan fingerprint density at radius 3 is 2.58 bits per heavy atom. The van der Waals surface area contributed by atoms with Gasteiger partial charge in [-0.2, -0.15) is 0 Å². The van der Waals surface area contributed by atoms with Crippen LogP contribution in [0, 0.1) is 12.8 Å². The van der Waals surface area contributed by atoms with E-state index in [1.165, 1.54) is 0 Å². The number of carboxylic acid groups (broad SMARTS) is 1. The third kappa shape index (κ3) is 5.29. The van der Waals surface area contributed by atoms with Crippen LogP contribution >= 0.6 is 0 Å². The normalized spacial score (nSPS) is 19.4. The Kier molecular flexibility index (Phi) is 6.37. The fourth-order valence-electron chi connectivity index (χ4n) is 3.01. The summed E-state index contributed by atoms with van der Waals surface area (Å²) in [6.45, 7) is 6.37. The molecule has 7 heteroatoms. The van der Waals surface area contributed by atoms with Crippen molar-refractivity contribution in [1.82, 2.24) is 5.32 Å². The first-order valence-corrected chi connectivity index (χ1v) is 8.73. The van der Waals surface area contributed by atoms with Crippen LogP contribution in [0.1, 0.15) is 49.0 Å². The molecule has 1 aromatic rings. The topological polar surface area (TPSA) is 105 Å². The number of hydrogen-bond acceptors (Lipinski definition) is 4. The van der Waals surface area contributed by atoms with Gasteiger partial charge in [0.1, 0.15) is 0 Å². The molecule has 1 saturated heterocycles. The fourth-order valence-corrected chi connectivity index (χ4v) is 3.01. The lowest BCUT2D eigenvalue weighted by molar-refractivity contribution is -0.138.